The Morgan fingerprint density at radius 3 is 2.56 bits per heavy atom. The summed E-state index contributed by atoms with van der Waals surface area (Å²) >= 11 is 0. The predicted molar refractivity (Wildman–Crippen MR) is 66.1 cm³/mol. The van der Waals surface area contributed by atoms with E-state index in [4.69, 9.17) is 0 Å². The van der Waals surface area contributed by atoms with Crippen molar-refractivity contribution >= 4 is 5.91 Å². The average molecular weight is 223 g/mol. The molecule has 0 aromatic heterocycles. The Bertz CT molecular complexity index is 233. The van der Waals surface area contributed by atoms with Crippen LogP contribution in [0.5, 0.6) is 0 Å². The molecular weight excluding hydrogens is 198 g/mol. The molecule has 2 unspecified atom stereocenters. The van der Waals surface area contributed by atoms with E-state index in [0.29, 0.717) is 11.9 Å². The van der Waals surface area contributed by atoms with Crippen LogP contribution in [-0.4, -0.2) is 11.9 Å². The zero-order valence-corrected chi connectivity index (χ0v) is 10.5. The first-order valence-electron chi connectivity index (χ1n) is 7.03. The Morgan fingerprint density at radius 2 is 1.94 bits per heavy atom. The fraction of sp³-hybridized carbons (Fsp3) is 0.929. The third-order valence-electron chi connectivity index (χ3n) is 4.31. The van der Waals surface area contributed by atoms with Crippen LogP contribution in [-0.2, 0) is 4.79 Å². The normalized spacial score (nSPS) is 30.8. The zero-order chi connectivity index (χ0) is 11.4. The zero-order valence-electron chi connectivity index (χ0n) is 10.5. The van der Waals surface area contributed by atoms with Crippen molar-refractivity contribution in [3.8, 4) is 0 Å². The van der Waals surface area contributed by atoms with Gasteiger partial charge in [-0.15, -0.1) is 0 Å². The van der Waals surface area contributed by atoms with Crippen LogP contribution < -0.4 is 5.32 Å². The molecule has 2 rings (SSSR count). The maximum absolute atomic E-state index is 11.8. The second-order valence-electron chi connectivity index (χ2n) is 5.87. The molecule has 1 amide bonds. The third kappa shape index (κ3) is 3.50. The van der Waals surface area contributed by atoms with Gasteiger partial charge in [0.05, 0.1) is 0 Å². The van der Waals surface area contributed by atoms with Gasteiger partial charge >= 0.3 is 0 Å². The lowest BCUT2D eigenvalue weighted by Crippen LogP contribution is -2.32. The average Bonchev–Trinajstić information content (AvgIpc) is 2.87. The Morgan fingerprint density at radius 1 is 1.19 bits per heavy atom. The van der Waals surface area contributed by atoms with Gasteiger partial charge in [0, 0.05) is 12.5 Å². The fourth-order valence-electron chi connectivity index (χ4n) is 3.27. The molecule has 0 bridgehead atoms. The van der Waals surface area contributed by atoms with E-state index in [1.54, 1.807) is 0 Å². The van der Waals surface area contributed by atoms with Crippen LogP contribution in [0.15, 0.2) is 0 Å². The molecule has 2 nitrogen and oxygen atoms in total. The van der Waals surface area contributed by atoms with Crippen molar-refractivity contribution in [2.75, 3.05) is 0 Å². The highest BCUT2D eigenvalue weighted by Gasteiger charge is 2.23. The van der Waals surface area contributed by atoms with Gasteiger partial charge in [0.2, 0.25) is 5.91 Å². The van der Waals surface area contributed by atoms with Crippen molar-refractivity contribution in [1.82, 2.24) is 5.32 Å². The van der Waals surface area contributed by atoms with Crippen molar-refractivity contribution in [2.45, 2.75) is 70.8 Å². The van der Waals surface area contributed by atoms with E-state index < -0.39 is 0 Å². The molecule has 0 saturated heterocycles. The molecule has 0 aromatic rings. The summed E-state index contributed by atoms with van der Waals surface area (Å²) in [5, 5.41) is 3.19. The molecule has 2 aliphatic rings. The lowest BCUT2D eigenvalue weighted by atomic mass is 10.0. The molecule has 0 radical (unpaired) electrons. The molecule has 2 fully saturated rings. The maximum Gasteiger partial charge on any atom is 0.220 e. The molecule has 0 aliphatic heterocycles. The number of hydrogen-bond acceptors (Lipinski definition) is 1. The van der Waals surface area contributed by atoms with E-state index in [1.165, 1.54) is 44.9 Å². The summed E-state index contributed by atoms with van der Waals surface area (Å²) < 4.78 is 0. The van der Waals surface area contributed by atoms with E-state index in [0.717, 1.165) is 24.7 Å². The summed E-state index contributed by atoms with van der Waals surface area (Å²) in [6.07, 6.45) is 11.0. The van der Waals surface area contributed by atoms with E-state index in [1.807, 2.05) is 0 Å². The summed E-state index contributed by atoms with van der Waals surface area (Å²) in [5.74, 6) is 1.94. The summed E-state index contributed by atoms with van der Waals surface area (Å²) in [7, 11) is 0. The maximum atomic E-state index is 11.8. The Kier molecular flexibility index (Phi) is 4.25. The lowest BCUT2D eigenvalue weighted by molar-refractivity contribution is -0.122. The lowest BCUT2D eigenvalue weighted by Gasteiger charge is -2.13. The van der Waals surface area contributed by atoms with Gasteiger partial charge in [-0.25, -0.2) is 0 Å². The number of carbonyl (C=O) groups excluding carboxylic acids is 1. The Labute approximate surface area is 99.2 Å². The summed E-state index contributed by atoms with van der Waals surface area (Å²) in [5.41, 5.74) is 0. The van der Waals surface area contributed by atoms with E-state index >= 15 is 0 Å². The first-order chi connectivity index (χ1) is 7.74. The molecule has 16 heavy (non-hydrogen) atoms. The molecule has 2 aliphatic carbocycles. The SMILES string of the molecule is CC1CCC(NC(=O)CCC2CCCC2)C1. The smallest absolute Gasteiger partial charge is 0.220 e. The highest BCUT2D eigenvalue weighted by atomic mass is 16.1. The minimum absolute atomic E-state index is 0.297. The van der Waals surface area contributed by atoms with Crippen LogP contribution in [0, 0.1) is 11.8 Å². The highest BCUT2D eigenvalue weighted by molar-refractivity contribution is 5.76. The molecule has 1 N–H and O–H groups in total. The minimum Gasteiger partial charge on any atom is -0.353 e. The molecule has 0 heterocycles. The quantitative estimate of drug-likeness (QED) is 0.778. The summed E-state index contributed by atoms with van der Waals surface area (Å²) in [6, 6.07) is 0.478. The van der Waals surface area contributed by atoms with Gasteiger partial charge in [0.1, 0.15) is 0 Å². The van der Waals surface area contributed by atoms with Crippen molar-refractivity contribution < 1.29 is 4.79 Å². The van der Waals surface area contributed by atoms with E-state index in [2.05, 4.69) is 12.2 Å². The third-order valence-corrected chi connectivity index (χ3v) is 4.31. The predicted octanol–water partition coefficient (Wildman–Crippen LogP) is 3.26. The van der Waals surface area contributed by atoms with E-state index in [9.17, 15) is 4.79 Å². The van der Waals surface area contributed by atoms with Crippen LogP contribution in [0.4, 0.5) is 0 Å². The number of carbonyl (C=O) groups is 1. The van der Waals surface area contributed by atoms with Gasteiger partial charge in [-0.2, -0.15) is 0 Å². The van der Waals surface area contributed by atoms with Gasteiger partial charge in [0.15, 0.2) is 0 Å². The van der Waals surface area contributed by atoms with Crippen molar-refractivity contribution in [3.05, 3.63) is 0 Å². The molecular formula is C14H25NO. The van der Waals surface area contributed by atoms with Crippen LogP contribution in [0.25, 0.3) is 0 Å². The standard InChI is InChI=1S/C14H25NO/c1-11-6-8-13(10-11)15-14(16)9-7-12-4-2-3-5-12/h11-13H,2-10H2,1H3,(H,15,16). The number of nitrogens with one attached hydrogen (secondary N) is 1. The largest absolute Gasteiger partial charge is 0.353 e. The highest BCUT2D eigenvalue weighted by Crippen LogP contribution is 2.29. The van der Waals surface area contributed by atoms with Crippen LogP contribution >= 0.6 is 0 Å². The van der Waals surface area contributed by atoms with Gasteiger partial charge in [-0.05, 0) is 37.5 Å². The van der Waals surface area contributed by atoms with Gasteiger partial charge in [0.25, 0.3) is 0 Å². The molecule has 2 atom stereocenters. The van der Waals surface area contributed by atoms with Gasteiger partial charge in [-0.1, -0.05) is 32.6 Å². The summed E-state index contributed by atoms with van der Waals surface area (Å²) in [4.78, 5) is 11.8. The Hall–Kier alpha value is -0.530. The first-order valence-corrected chi connectivity index (χ1v) is 7.03. The van der Waals surface area contributed by atoms with E-state index in [-0.39, 0.29) is 0 Å². The Balaban J connectivity index is 1.60. The van der Waals surface area contributed by atoms with Crippen molar-refractivity contribution in [3.63, 3.8) is 0 Å². The van der Waals surface area contributed by atoms with Crippen molar-refractivity contribution in [1.29, 1.82) is 0 Å². The fourth-order valence-corrected chi connectivity index (χ4v) is 3.27. The first kappa shape index (κ1) is 11.9. The molecule has 92 valence electrons. The molecule has 0 spiro atoms. The number of hydrogen-bond donors (Lipinski definition) is 1. The minimum atomic E-state index is 0.297. The second-order valence-corrected chi connectivity index (χ2v) is 5.87. The topological polar surface area (TPSA) is 29.1 Å². The second kappa shape index (κ2) is 5.70. The molecule has 2 heteroatoms. The van der Waals surface area contributed by atoms with Crippen LogP contribution in [0.2, 0.25) is 0 Å². The van der Waals surface area contributed by atoms with Crippen LogP contribution in [0.1, 0.15) is 64.7 Å². The molecule has 0 aromatic carbocycles. The van der Waals surface area contributed by atoms with Crippen molar-refractivity contribution in [2.24, 2.45) is 11.8 Å². The van der Waals surface area contributed by atoms with Gasteiger partial charge < -0.3 is 5.32 Å². The van der Waals surface area contributed by atoms with Gasteiger partial charge in [-0.3, -0.25) is 4.79 Å². The number of rotatable bonds is 4. The monoisotopic (exact) mass is 223 g/mol. The van der Waals surface area contributed by atoms with Crippen LogP contribution in [0.3, 0.4) is 0 Å². The molecule has 2 saturated carbocycles. The summed E-state index contributed by atoms with van der Waals surface area (Å²) in [6.45, 7) is 2.28. The number of amides is 1.